The highest BCUT2D eigenvalue weighted by molar-refractivity contribution is 5.96. The van der Waals surface area contributed by atoms with Crippen LogP contribution in [0.25, 0.3) is 0 Å². The Balaban J connectivity index is 2.11. The summed E-state index contributed by atoms with van der Waals surface area (Å²) in [5.41, 5.74) is 1.77. The zero-order chi connectivity index (χ0) is 13.3. The second kappa shape index (κ2) is 4.63. The second-order valence-corrected chi connectivity index (χ2v) is 4.56. The first-order chi connectivity index (χ1) is 8.38. The number of fused-ring (bicyclic) bond motifs is 1. The molecule has 1 aromatic rings. The van der Waals surface area contributed by atoms with Crippen molar-refractivity contribution in [2.75, 3.05) is 4.90 Å². The Kier molecular flexibility index (Phi) is 3.32. The van der Waals surface area contributed by atoms with Crippen molar-refractivity contribution in [3.05, 3.63) is 29.8 Å². The number of hydrogen-bond donors (Lipinski definition) is 0. The van der Waals surface area contributed by atoms with Gasteiger partial charge in [-0.3, -0.25) is 4.79 Å². The first-order valence-corrected chi connectivity index (χ1v) is 5.85. The number of anilines is 1. The number of para-hydroxylation sites is 1. The number of halogens is 3. The Labute approximate surface area is 103 Å². The lowest BCUT2D eigenvalue weighted by Crippen LogP contribution is -2.36. The van der Waals surface area contributed by atoms with Crippen LogP contribution in [0.2, 0.25) is 0 Å². The van der Waals surface area contributed by atoms with Crippen molar-refractivity contribution in [3.63, 3.8) is 0 Å². The van der Waals surface area contributed by atoms with Gasteiger partial charge in [-0.1, -0.05) is 18.2 Å². The zero-order valence-electron chi connectivity index (χ0n) is 10.00. The zero-order valence-corrected chi connectivity index (χ0v) is 10.00. The van der Waals surface area contributed by atoms with Gasteiger partial charge in [0.1, 0.15) is 0 Å². The Hall–Kier alpha value is -1.52. The molecule has 0 aliphatic carbocycles. The number of carbonyl (C=O) groups excluding carboxylic acids is 1. The fraction of sp³-hybridized carbons (Fsp3) is 0.462. The van der Waals surface area contributed by atoms with E-state index in [1.54, 1.807) is 12.1 Å². The van der Waals surface area contributed by atoms with Crippen molar-refractivity contribution < 1.29 is 18.0 Å². The first kappa shape index (κ1) is 12.9. The number of rotatable bonds is 2. The molecule has 2 rings (SSSR count). The van der Waals surface area contributed by atoms with Gasteiger partial charge in [-0.25, -0.2) is 0 Å². The third-order valence-corrected chi connectivity index (χ3v) is 3.10. The Morgan fingerprint density at radius 2 is 2.06 bits per heavy atom. The van der Waals surface area contributed by atoms with E-state index in [0.29, 0.717) is 6.42 Å². The molecule has 0 saturated carbocycles. The molecule has 0 bridgehead atoms. The maximum atomic E-state index is 12.1. The van der Waals surface area contributed by atoms with Crippen LogP contribution in [-0.4, -0.2) is 18.1 Å². The average Bonchev–Trinajstić information content (AvgIpc) is 2.61. The molecule has 1 aromatic carbocycles. The van der Waals surface area contributed by atoms with E-state index >= 15 is 0 Å². The number of amides is 1. The van der Waals surface area contributed by atoms with E-state index in [1.165, 1.54) is 4.90 Å². The van der Waals surface area contributed by atoms with Crippen molar-refractivity contribution >= 4 is 11.6 Å². The summed E-state index contributed by atoms with van der Waals surface area (Å²) >= 11 is 0. The molecule has 1 unspecified atom stereocenters. The predicted octanol–water partition coefficient (Wildman–Crippen LogP) is 3.31. The Morgan fingerprint density at radius 3 is 2.72 bits per heavy atom. The molecular formula is C13H14F3NO. The summed E-state index contributed by atoms with van der Waals surface area (Å²) in [4.78, 5) is 13.4. The van der Waals surface area contributed by atoms with Gasteiger partial charge in [-0.2, -0.15) is 13.2 Å². The fourth-order valence-corrected chi connectivity index (χ4v) is 2.31. The van der Waals surface area contributed by atoms with Gasteiger partial charge in [0.2, 0.25) is 5.91 Å². The second-order valence-electron chi connectivity index (χ2n) is 4.56. The van der Waals surface area contributed by atoms with Crippen molar-refractivity contribution in [1.29, 1.82) is 0 Å². The molecule has 0 aromatic heterocycles. The van der Waals surface area contributed by atoms with Crippen molar-refractivity contribution in [2.24, 2.45) is 0 Å². The van der Waals surface area contributed by atoms with Crippen LogP contribution in [0, 0.1) is 0 Å². The van der Waals surface area contributed by atoms with Gasteiger partial charge in [0.15, 0.2) is 0 Å². The van der Waals surface area contributed by atoms with E-state index in [1.807, 2.05) is 19.1 Å². The van der Waals surface area contributed by atoms with Gasteiger partial charge in [-0.15, -0.1) is 0 Å². The molecule has 0 spiro atoms. The van der Waals surface area contributed by atoms with Crippen LogP contribution in [0.3, 0.4) is 0 Å². The molecule has 0 radical (unpaired) electrons. The van der Waals surface area contributed by atoms with Crippen LogP contribution in [0.5, 0.6) is 0 Å². The molecule has 0 fully saturated rings. The van der Waals surface area contributed by atoms with Gasteiger partial charge in [-0.05, 0) is 25.0 Å². The third kappa shape index (κ3) is 2.66. The molecule has 2 nitrogen and oxygen atoms in total. The van der Waals surface area contributed by atoms with Crippen molar-refractivity contribution in [2.45, 2.75) is 38.4 Å². The SMILES string of the molecule is CC1Cc2ccccc2N1C(=O)CCC(F)(F)F. The summed E-state index contributed by atoms with van der Waals surface area (Å²) in [6.07, 6.45) is -5.12. The fourth-order valence-electron chi connectivity index (χ4n) is 2.31. The summed E-state index contributed by atoms with van der Waals surface area (Å²) in [5, 5.41) is 0. The summed E-state index contributed by atoms with van der Waals surface area (Å²) in [6.45, 7) is 1.85. The molecule has 1 aliphatic rings. The lowest BCUT2D eigenvalue weighted by molar-refractivity contribution is -0.143. The van der Waals surface area contributed by atoms with Gasteiger partial charge in [0.05, 0.1) is 6.42 Å². The number of carbonyl (C=O) groups is 1. The monoisotopic (exact) mass is 257 g/mol. The molecule has 1 atom stereocenters. The first-order valence-electron chi connectivity index (χ1n) is 5.85. The summed E-state index contributed by atoms with van der Waals surface area (Å²) in [5.74, 6) is -0.454. The molecule has 0 saturated heterocycles. The van der Waals surface area contributed by atoms with E-state index in [9.17, 15) is 18.0 Å². The lowest BCUT2D eigenvalue weighted by Gasteiger charge is -2.23. The predicted molar refractivity (Wildman–Crippen MR) is 62.4 cm³/mol. The lowest BCUT2D eigenvalue weighted by atomic mass is 10.1. The number of alkyl halides is 3. The Bertz CT molecular complexity index is 456. The smallest absolute Gasteiger partial charge is 0.309 e. The Morgan fingerprint density at radius 1 is 1.39 bits per heavy atom. The van der Waals surface area contributed by atoms with Crippen LogP contribution >= 0.6 is 0 Å². The maximum absolute atomic E-state index is 12.1. The minimum absolute atomic E-state index is 0.0665. The molecule has 18 heavy (non-hydrogen) atoms. The molecule has 5 heteroatoms. The van der Waals surface area contributed by atoms with Gasteiger partial charge < -0.3 is 4.90 Å². The quantitative estimate of drug-likeness (QED) is 0.796. The topological polar surface area (TPSA) is 20.3 Å². The van der Waals surface area contributed by atoms with Gasteiger partial charge in [0, 0.05) is 18.2 Å². The van der Waals surface area contributed by atoms with E-state index < -0.39 is 24.9 Å². The van der Waals surface area contributed by atoms with Gasteiger partial charge in [0.25, 0.3) is 0 Å². The summed E-state index contributed by atoms with van der Waals surface area (Å²) < 4.78 is 36.4. The maximum Gasteiger partial charge on any atom is 0.389 e. The average molecular weight is 257 g/mol. The molecule has 1 amide bonds. The van der Waals surface area contributed by atoms with Crippen LogP contribution in [0.1, 0.15) is 25.3 Å². The number of nitrogens with zero attached hydrogens (tertiary/aromatic N) is 1. The van der Waals surface area contributed by atoms with E-state index in [2.05, 4.69) is 0 Å². The number of hydrogen-bond acceptors (Lipinski definition) is 1. The summed E-state index contributed by atoms with van der Waals surface area (Å²) in [6, 6.07) is 7.28. The van der Waals surface area contributed by atoms with Crippen LogP contribution < -0.4 is 4.90 Å². The highest BCUT2D eigenvalue weighted by Gasteiger charge is 2.33. The standard InChI is InChI=1S/C13H14F3NO/c1-9-8-10-4-2-3-5-11(10)17(9)12(18)6-7-13(14,15)16/h2-5,9H,6-8H2,1H3. The van der Waals surface area contributed by atoms with Crippen molar-refractivity contribution in [1.82, 2.24) is 0 Å². The normalized spacial score (nSPS) is 18.9. The van der Waals surface area contributed by atoms with E-state index in [0.717, 1.165) is 11.3 Å². The minimum Gasteiger partial charge on any atom is -0.309 e. The van der Waals surface area contributed by atoms with Crippen molar-refractivity contribution in [3.8, 4) is 0 Å². The largest absolute Gasteiger partial charge is 0.389 e. The molecule has 0 N–H and O–H groups in total. The molecular weight excluding hydrogens is 243 g/mol. The van der Waals surface area contributed by atoms with Gasteiger partial charge >= 0.3 is 6.18 Å². The van der Waals surface area contributed by atoms with Crippen LogP contribution in [0.4, 0.5) is 18.9 Å². The molecule has 1 aliphatic heterocycles. The van der Waals surface area contributed by atoms with E-state index in [-0.39, 0.29) is 6.04 Å². The molecule has 1 heterocycles. The highest BCUT2D eigenvalue weighted by atomic mass is 19.4. The molecule has 98 valence electrons. The van der Waals surface area contributed by atoms with E-state index in [4.69, 9.17) is 0 Å². The highest BCUT2D eigenvalue weighted by Crippen LogP contribution is 2.33. The summed E-state index contributed by atoms with van der Waals surface area (Å²) in [7, 11) is 0. The van der Waals surface area contributed by atoms with Crippen LogP contribution in [0.15, 0.2) is 24.3 Å². The van der Waals surface area contributed by atoms with Crippen LogP contribution in [-0.2, 0) is 11.2 Å². The number of benzene rings is 1. The minimum atomic E-state index is -4.28. The third-order valence-electron chi connectivity index (χ3n) is 3.10.